The lowest BCUT2D eigenvalue weighted by molar-refractivity contribution is -0.118. The van der Waals surface area contributed by atoms with Gasteiger partial charge in [-0.2, -0.15) is 0 Å². The zero-order valence-corrected chi connectivity index (χ0v) is 14.6. The molecule has 24 heavy (non-hydrogen) atoms. The number of benzene rings is 1. The zero-order chi connectivity index (χ0) is 16.9. The van der Waals surface area contributed by atoms with Crippen LogP contribution in [0.2, 0.25) is 0 Å². The Labute approximate surface area is 145 Å². The number of amides is 1. The molecule has 2 N–H and O–H groups in total. The van der Waals surface area contributed by atoms with E-state index in [9.17, 15) is 4.79 Å². The Morgan fingerprint density at radius 3 is 2.88 bits per heavy atom. The summed E-state index contributed by atoms with van der Waals surface area (Å²) >= 11 is 1.60. The smallest absolute Gasteiger partial charge is 0.219 e. The Morgan fingerprint density at radius 2 is 2.17 bits per heavy atom. The van der Waals surface area contributed by atoms with Gasteiger partial charge in [0.05, 0.1) is 6.61 Å². The summed E-state index contributed by atoms with van der Waals surface area (Å²) in [5.41, 5.74) is 6.41. The molecule has 1 aliphatic carbocycles. The lowest BCUT2D eigenvalue weighted by Gasteiger charge is -2.10. The second-order valence-electron chi connectivity index (χ2n) is 5.95. The quantitative estimate of drug-likeness (QED) is 0.557. The highest BCUT2D eigenvalue weighted by Gasteiger charge is 2.30. The maximum atomic E-state index is 11.1. The van der Waals surface area contributed by atoms with Gasteiger partial charge in [-0.05, 0) is 31.4 Å². The molecule has 1 saturated carbocycles. The summed E-state index contributed by atoms with van der Waals surface area (Å²) in [5.74, 6) is 2.85. The summed E-state index contributed by atoms with van der Waals surface area (Å²) in [4.78, 5) is 11.1. The first kappa shape index (κ1) is 16.8. The van der Waals surface area contributed by atoms with Gasteiger partial charge in [0.25, 0.3) is 0 Å². The summed E-state index contributed by atoms with van der Waals surface area (Å²) in [6, 6.07) is 7.97. The molecule has 1 amide bonds. The third-order valence-electron chi connectivity index (χ3n) is 3.94. The van der Waals surface area contributed by atoms with Crippen molar-refractivity contribution in [1.29, 1.82) is 0 Å². The molecule has 7 heteroatoms. The molecule has 0 radical (unpaired) electrons. The molecule has 1 aromatic heterocycles. The van der Waals surface area contributed by atoms with Gasteiger partial charge in [-0.3, -0.25) is 4.79 Å². The number of hydrogen-bond acceptors (Lipinski definition) is 5. The summed E-state index contributed by atoms with van der Waals surface area (Å²) < 4.78 is 7.85. The number of aromatic nitrogens is 3. The topological polar surface area (TPSA) is 83.0 Å². The van der Waals surface area contributed by atoms with E-state index < -0.39 is 0 Å². The molecule has 0 unspecified atom stereocenters. The van der Waals surface area contributed by atoms with Crippen molar-refractivity contribution in [1.82, 2.24) is 14.8 Å². The maximum absolute atomic E-state index is 11.1. The normalized spacial score (nSPS) is 13.9. The molecule has 0 atom stereocenters. The third kappa shape index (κ3) is 4.29. The highest BCUT2D eigenvalue weighted by molar-refractivity contribution is 7.99. The standard InChI is InChI=1S/C17H22N4O2S/c1-12-4-2-3-5-14(12)23-10-11-24-17-20-19-16(13-6-7-13)21(17)9-8-15(18)22/h2-5,13H,6-11H2,1H3,(H2,18,22). The average Bonchev–Trinajstić information content (AvgIpc) is 3.32. The monoisotopic (exact) mass is 346 g/mol. The van der Waals surface area contributed by atoms with Crippen molar-refractivity contribution in [2.75, 3.05) is 12.4 Å². The van der Waals surface area contributed by atoms with E-state index in [-0.39, 0.29) is 5.91 Å². The van der Waals surface area contributed by atoms with Gasteiger partial charge in [-0.1, -0.05) is 30.0 Å². The molecular weight excluding hydrogens is 324 g/mol. The fraction of sp³-hybridized carbons (Fsp3) is 0.471. The number of para-hydroxylation sites is 1. The van der Waals surface area contributed by atoms with Gasteiger partial charge in [0.2, 0.25) is 5.91 Å². The van der Waals surface area contributed by atoms with Crippen LogP contribution in [0, 0.1) is 6.92 Å². The highest BCUT2D eigenvalue weighted by atomic mass is 32.2. The molecule has 2 aromatic rings. The Morgan fingerprint density at radius 1 is 1.38 bits per heavy atom. The second kappa shape index (κ2) is 7.70. The van der Waals surface area contributed by atoms with Crippen molar-refractivity contribution in [3.05, 3.63) is 35.7 Å². The van der Waals surface area contributed by atoms with Crippen molar-refractivity contribution in [2.45, 2.75) is 43.8 Å². The largest absolute Gasteiger partial charge is 0.492 e. The SMILES string of the molecule is Cc1ccccc1OCCSc1nnc(C2CC2)n1CCC(N)=O. The Kier molecular flexibility index (Phi) is 5.40. The van der Waals surface area contributed by atoms with Crippen LogP contribution in [0.4, 0.5) is 0 Å². The molecular formula is C17H22N4O2S. The molecule has 1 aliphatic rings. The van der Waals surface area contributed by atoms with Crippen LogP contribution < -0.4 is 10.5 Å². The number of rotatable bonds is 9. The van der Waals surface area contributed by atoms with Crippen LogP contribution in [-0.2, 0) is 11.3 Å². The third-order valence-corrected chi connectivity index (χ3v) is 4.87. The zero-order valence-electron chi connectivity index (χ0n) is 13.8. The molecule has 0 aliphatic heterocycles. The van der Waals surface area contributed by atoms with Gasteiger partial charge >= 0.3 is 0 Å². The summed E-state index contributed by atoms with van der Waals surface area (Å²) in [6.07, 6.45) is 2.61. The van der Waals surface area contributed by atoms with Crippen LogP contribution in [0.1, 0.15) is 36.6 Å². The van der Waals surface area contributed by atoms with Crippen LogP contribution >= 0.6 is 11.8 Å². The minimum Gasteiger partial charge on any atom is -0.492 e. The van der Waals surface area contributed by atoms with E-state index in [4.69, 9.17) is 10.5 Å². The van der Waals surface area contributed by atoms with E-state index in [0.717, 1.165) is 40.9 Å². The van der Waals surface area contributed by atoms with E-state index in [1.807, 2.05) is 35.8 Å². The average molecular weight is 346 g/mol. The maximum Gasteiger partial charge on any atom is 0.219 e. The summed E-state index contributed by atoms with van der Waals surface area (Å²) in [5, 5.41) is 9.43. The molecule has 6 nitrogen and oxygen atoms in total. The van der Waals surface area contributed by atoms with Crippen LogP contribution in [0.5, 0.6) is 5.75 Å². The highest BCUT2D eigenvalue weighted by Crippen LogP contribution is 2.40. The molecule has 1 fully saturated rings. The number of aryl methyl sites for hydroxylation is 1. The summed E-state index contributed by atoms with van der Waals surface area (Å²) in [6.45, 7) is 3.18. The van der Waals surface area contributed by atoms with Crippen LogP contribution in [0.3, 0.4) is 0 Å². The van der Waals surface area contributed by atoms with Crippen LogP contribution in [0.25, 0.3) is 0 Å². The van der Waals surface area contributed by atoms with Gasteiger partial charge in [-0.25, -0.2) is 0 Å². The Hall–Kier alpha value is -2.02. The number of primary amides is 1. The molecule has 128 valence electrons. The predicted octanol–water partition coefficient (Wildman–Crippen LogP) is 2.51. The van der Waals surface area contributed by atoms with E-state index >= 15 is 0 Å². The molecule has 0 spiro atoms. The second-order valence-corrected chi connectivity index (χ2v) is 7.01. The van der Waals surface area contributed by atoms with Gasteiger partial charge in [0.15, 0.2) is 5.16 Å². The minimum absolute atomic E-state index is 0.302. The number of nitrogens with zero attached hydrogens (tertiary/aromatic N) is 3. The number of carbonyl (C=O) groups excluding carboxylic acids is 1. The molecule has 0 saturated heterocycles. The van der Waals surface area contributed by atoms with Crippen molar-refractivity contribution >= 4 is 17.7 Å². The van der Waals surface area contributed by atoms with Gasteiger partial charge in [0, 0.05) is 24.6 Å². The fourth-order valence-electron chi connectivity index (χ4n) is 2.49. The van der Waals surface area contributed by atoms with Crippen LogP contribution in [0.15, 0.2) is 29.4 Å². The van der Waals surface area contributed by atoms with E-state index in [1.54, 1.807) is 11.8 Å². The fourth-order valence-corrected chi connectivity index (χ4v) is 3.27. The molecule has 1 heterocycles. The number of nitrogens with two attached hydrogens (primary N) is 1. The van der Waals surface area contributed by atoms with Gasteiger partial charge in [0.1, 0.15) is 11.6 Å². The van der Waals surface area contributed by atoms with E-state index in [1.165, 1.54) is 0 Å². The Bertz CT molecular complexity index is 712. The van der Waals surface area contributed by atoms with Crippen molar-refractivity contribution in [2.24, 2.45) is 5.73 Å². The summed E-state index contributed by atoms with van der Waals surface area (Å²) in [7, 11) is 0. The van der Waals surface area contributed by atoms with Crippen molar-refractivity contribution in [3.63, 3.8) is 0 Å². The molecule has 1 aromatic carbocycles. The number of ether oxygens (including phenoxy) is 1. The first-order valence-electron chi connectivity index (χ1n) is 8.18. The lowest BCUT2D eigenvalue weighted by atomic mass is 10.2. The number of hydrogen-bond donors (Lipinski definition) is 1. The minimum atomic E-state index is -0.302. The van der Waals surface area contributed by atoms with Gasteiger partial charge in [-0.15, -0.1) is 10.2 Å². The van der Waals surface area contributed by atoms with Crippen LogP contribution in [-0.4, -0.2) is 33.0 Å². The predicted molar refractivity (Wildman–Crippen MR) is 93.2 cm³/mol. The van der Waals surface area contributed by atoms with E-state index in [0.29, 0.717) is 25.5 Å². The number of thioether (sulfide) groups is 1. The number of carbonyl (C=O) groups is 1. The Balaban J connectivity index is 1.56. The van der Waals surface area contributed by atoms with Crippen molar-refractivity contribution in [3.8, 4) is 5.75 Å². The first-order chi connectivity index (χ1) is 11.6. The first-order valence-corrected chi connectivity index (χ1v) is 9.16. The van der Waals surface area contributed by atoms with Crippen molar-refractivity contribution < 1.29 is 9.53 Å². The lowest BCUT2D eigenvalue weighted by Crippen LogP contribution is -2.15. The molecule has 3 rings (SSSR count). The molecule has 0 bridgehead atoms. The van der Waals surface area contributed by atoms with Gasteiger partial charge < -0.3 is 15.0 Å². The van der Waals surface area contributed by atoms with E-state index in [2.05, 4.69) is 10.2 Å².